The fourth-order valence-corrected chi connectivity index (χ4v) is 1.22. The van der Waals surface area contributed by atoms with E-state index < -0.39 is 10.5 Å². The number of nitro groups is 1. The molecule has 1 atom stereocenters. The third-order valence-corrected chi connectivity index (χ3v) is 2.66. The highest BCUT2D eigenvalue weighted by Gasteiger charge is 2.20. The first-order valence-electron chi connectivity index (χ1n) is 5.57. The molecule has 1 rings (SSSR count). The summed E-state index contributed by atoms with van der Waals surface area (Å²) in [5, 5.41) is 20.4. The number of aliphatic hydroxyl groups is 1. The summed E-state index contributed by atoms with van der Waals surface area (Å²) in [7, 11) is 1.41. The maximum atomic E-state index is 10.6. The second kappa shape index (κ2) is 5.68. The van der Waals surface area contributed by atoms with E-state index in [0.717, 1.165) is 0 Å². The number of rotatable bonds is 6. The molecule has 0 fully saturated rings. The number of methoxy groups -OCH3 is 1. The van der Waals surface area contributed by atoms with Gasteiger partial charge >= 0.3 is 0 Å². The Labute approximate surface area is 105 Å². The quantitative estimate of drug-likeness (QED) is 0.622. The zero-order valence-corrected chi connectivity index (χ0v) is 10.7. The van der Waals surface area contributed by atoms with E-state index in [-0.39, 0.29) is 18.0 Å². The summed E-state index contributed by atoms with van der Waals surface area (Å²) in [6, 6.07) is 4.08. The van der Waals surface area contributed by atoms with Crippen LogP contribution in [-0.2, 0) is 0 Å². The lowest BCUT2D eigenvalue weighted by Gasteiger charge is -2.22. The molecule has 0 aliphatic carbocycles. The van der Waals surface area contributed by atoms with Crippen molar-refractivity contribution >= 4 is 5.69 Å². The zero-order valence-electron chi connectivity index (χ0n) is 10.7. The molecule has 6 nitrogen and oxygen atoms in total. The van der Waals surface area contributed by atoms with Crippen LogP contribution in [-0.4, -0.2) is 29.3 Å². The number of hydrogen-bond acceptors (Lipinski definition) is 5. The van der Waals surface area contributed by atoms with Crippen LogP contribution >= 0.6 is 0 Å². The van der Waals surface area contributed by atoms with E-state index in [4.69, 9.17) is 9.47 Å². The van der Waals surface area contributed by atoms with Crippen molar-refractivity contribution in [2.45, 2.75) is 25.9 Å². The third kappa shape index (κ3) is 3.59. The van der Waals surface area contributed by atoms with Gasteiger partial charge in [0.05, 0.1) is 23.7 Å². The Morgan fingerprint density at radius 3 is 2.61 bits per heavy atom. The molecular formula is C12H17NO5. The Hall–Kier alpha value is -1.82. The standard InChI is InChI=1S/C12H17NO5/c1-4-12(2,14)8-18-10-6-5-9(13(15)16)7-11(10)17-3/h5-7,14H,4,8H2,1-3H3. The molecule has 0 aliphatic heterocycles. The Bertz CT molecular complexity index is 430. The Kier molecular flexibility index (Phi) is 4.49. The van der Waals surface area contributed by atoms with E-state index in [1.807, 2.05) is 6.92 Å². The first-order valence-corrected chi connectivity index (χ1v) is 5.57. The van der Waals surface area contributed by atoms with Gasteiger partial charge in [0, 0.05) is 6.07 Å². The summed E-state index contributed by atoms with van der Waals surface area (Å²) < 4.78 is 10.4. The van der Waals surface area contributed by atoms with E-state index in [1.54, 1.807) is 6.92 Å². The maximum Gasteiger partial charge on any atom is 0.273 e. The monoisotopic (exact) mass is 255 g/mol. The first kappa shape index (κ1) is 14.2. The molecule has 1 unspecified atom stereocenters. The predicted octanol–water partition coefficient (Wildman–Crippen LogP) is 2.14. The molecule has 18 heavy (non-hydrogen) atoms. The first-order chi connectivity index (χ1) is 8.39. The molecule has 0 spiro atoms. The minimum absolute atomic E-state index is 0.0681. The number of nitrogens with zero attached hydrogens (tertiary/aromatic N) is 1. The fraction of sp³-hybridized carbons (Fsp3) is 0.500. The van der Waals surface area contributed by atoms with Crippen molar-refractivity contribution in [3.8, 4) is 11.5 Å². The molecular weight excluding hydrogens is 238 g/mol. The summed E-state index contributed by atoms with van der Waals surface area (Å²) in [4.78, 5) is 10.1. The third-order valence-electron chi connectivity index (χ3n) is 2.66. The SMILES string of the molecule is CCC(C)(O)COc1ccc([N+](=O)[O-])cc1OC. The number of nitro benzene ring substituents is 1. The topological polar surface area (TPSA) is 81.8 Å². The van der Waals surface area contributed by atoms with Crippen LogP contribution in [0.15, 0.2) is 18.2 Å². The van der Waals surface area contributed by atoms with Crippen LogP contribution in [0.25, 0.3) is 0 Å². The van der Waals surface area contributed by atoms with Crippen LogP contribution in [0.5, 0.6) is 11.5 Å². The molecule has 6 heteroatoms. The Morgan fingerprint density at radius 1 is 1.44 bits per heavy atom. The minimum atomic E-state index is -0.938. The van der Waals surface area contributed by atoms with E-state index in [0.29, 0.717) is 12.2 Å². The van der Waals surface area contributed by atoms with Crippen molar-refractivity contribution < 1.29 is 19.5 Å². The van der Waals surface area contributed by atoms with Gasteiger partial charge in [0.15, 0.2) is 11.5 Å². The van der Waals surface area contributed by atoms with Gasteiger partial charge in [-0.25, -0.2) is 0 Å². The summed E-state index contributed by atoms with van der Waals surface area (Å²) in [5.41, 5.74) is -1.01. The zero-order chi connectivity index (χ0) is 13.8. The molecule has 1 aromatic carbocycles. The fourth-order valence-electron chi connectivity index (χ4n) is 1.22. The van der Waals surface area contributed by atoms with Gasteiger partial charge in [0.1, 0.15) is 6.61 Å². The van der Waals surface area contributed by atoms with Gasteiger partial charge in [-0.1, -0.05) is 6.92 Å². The molecule has 0 aliphatic rings. The molecule has 0 radical (unpaired) electrons. The Morgan fingerprint density at radius 2 is 2.11 bits per heavy atom. The predicted molar refractivity (Wildman–Crippen MR) is 66.1 cm³/mol. The van der Waals surface area contributed by atoms with E-state index in [2.05, 4.69) is 0 Å². The van der Waals surface area contributed by atoms with Gasteiger partial charge in [-0.2, -0.15) is 0 Å². The van der Waals surface area contributed by atoms with E-state index >= 15 is 0 Å². The molecule has 0 saturated carbocycles. The van der Waals surface area contributed by atoms with Gasteiger partial charge in [0.25, 0.3) is 5.69 Å². The van der Waals surface area contributed by atoms with Crippen LogP contribution in [0.4, 0.5) is 5.69 Å². The normalized spacial score (nSPS) is 13.8. The van der Waals surface area contributed by atoms with Crippen molar-refractivity contribution in [1.82, 2.24) is 0 Å². The van der Waals surface area contributed by atoms with Crippen molar-refractivity contribution in [2.75, 3.05) is 13.7 Å². The molecule has 0 heterocycles. The van der Waals surface area contributed by atoms with Crippen LogP contribution < -0.4 is 9.47 Å². The molecule has 0 bridgehead atoms. The summed E-state index contributed by atoms with van der Waals surface area (Å²) in [6.07, 6.45) is 0.544. The van der Waals surface area contributed by atoms with Crippen molar-refractivity contribution in [3.63, 3.8) is 0 Å². The highest BCUT2D eigenvalue weighted by atomic mass is 16.6. The number of hydrogen-bond donors (Lipinski definition) is 1. The highest BCUT2D eigenvalue weighted by Crippen LogP contribution is 2.31. The van der Waals surface area contributed by atoms with Crippen LogP contribution in [0, 0.1) is 10.1 Å². The van der Waals surface area contributed by atoms with Crippen molar-refractivity contribution in [3.05, 3.63) is 28.3 Å². The van der Waals surface area contributed by atoms with Crippen molar-refractivity contribution in [1.29, 1.82) is 0 Å². The molecule has 0 saturated heterocycles. The molecule has 1 aromatic rings. The largest absolute Gasteiger partial charge is 0.493 e. The van der Waals surface area contributed by atoms with Gasteiger partial charge < -0.3 is 14.6 Å². The van der Waals surface area contributed by atoms with Gasteiger partial charge in [-0.15, -0.1) is 0 Å². The minimum Gasteiger partial charge on any atom is -0.493 e. The molecule has 1 N–H and O–H groups in total. The van der Waals surface area contributed by atoms with Crippen LogP contribution in [0.3, 0.4) is 0 Å². The summed E-state index contributed by atoms with van der Waals surface area (Å²) in [6.45, 7) is 3.60. The molecule has 0 amide bonds. The van der Waals surface area contributed by atoms with Gasteiger partial charge in [-0.05, 0) is 19.4 Å². The maximum absolute atomic E-state index is 10.6. The average molecular weight is 255 g/mol. The van der Waals surface area contributed by atoms with Crippen LogP contribution in [0.1, 0.15) is 20.3 Å². The second-order valence-corrected chi connectivity index (χ2v) is 4.23. The molecule has 100 valence electrons. The van der Waals surface area contributed by atoms with Gasteiger partial charge in [-0.3, -0.25) is 10.1 Å². The lowest BCUT2D eigenvalue weighted by atomic mass is 10.1. The number of ether oxygens (including phenoxy) is 2. The van der Waals surface area contributed by atoms with E-state index in [9.17, 15) is 15.2 Å². The lowest BCUT2D eigenvalue weighted by Crippen LogP contribution is -2.31. The average Bonchev–Trinajstić information content (AvgIpc) is 2.36. The summed E-state index contributed by atoms with van der Waals surface area (Å²) >= 11 is 0. The Balaban J connectivity index is 2.86. The highest BCUT2D eigenvalue weighted by molar-refractivity contribution is 5.48. The second-order valence-electron chi connectivity index (χ2n) is 4.23. The number of non-ortho nitro benzene ring substituents is 1. The van der Waals surface area contributed by atoms with Crippen LogP contribution in [0.2, 0.25) is 0 Å². The van der Waals surface area contributed by atoms with Crippen molar-refractivity contribution in [2.24, 2.45) is 0 Å². The summed E-state index contributed by atoms with van der Waals surface area (Å²) in [5.74, 6) is 0.646. The lowest BCUT2D eigenvalue weighted by molar-refractivity contribution is -0.384. The molecule has 0 aromatic heterocycles. The van der Waals surface area contributed by atoms with Gasteiger partial charge in [0.2, 0.25) is 0 Å². The number of benzene rings is 1. The smallest absolute Gasteiger partial charge is 0.273 e. The van der Waals surface area contributed by atoms with E-state index in [1.165, 1.54) is 25.3 Å².